The Hall–Kier alpha value is -3.41. The highest BCUT2D eigenvalue weighted by Crippen LogP contribution is 2.11. The van der Waals surface area contributed by atoms with Crippen LogP contribution in [0, 0.1) is 6.92 Å². The van der Waals surface area contributed by atoms with Crippen molar-refractivity contribution in [2.24, 2.45) is 0 Å². The second-order valence-corrected chi connectivity index (χ2v) is 5.95. The molecular weight excluding hydrogens is 328 g/mol. The number of carbonyl (C=O) groups excluding carboxylic acids is 2. The molecule has 2 N–H and O–H groups in total. The first-order valence-corrected chi connectivity index (χ1v) is 8.36. The molecule has 132 valence electrons. The molecule has 1 aromatic heterocycles. The van der Waals surface area contributed by atoms with Crippen molar-refractivity contribution in [2.75, 3.05) is 10.6 Å². The first-order chi connectivity index (χ1) is 12.6. The van der Waals surface area contributed by atoms with E-state index in [1.54, 1.807) is 29.1 Å². The van der Waals surface area contributed by atoms with Gasteiger partial charge in [0.25, 0.3) is 0 Å². The maximum Gasteiger partial charge on any atom is 0.315 e. The van der Waals surface area contributed by atoms with E-state index in [4.69, 9.17) is 0 Å². The molecule has 0 radical (unpaired) electrons. The van der Waals surface area contributed by atoms with Crippen LogP contribution in [0.15, 0.2) is 66.9 Å². The third kappa shape index (κ3) is 4.57. The lowest BCUT2D eigenvalue weighted by Gasteiger charge is -2.09. The van der Waals surface area contributed by atoms with Gasteiger partial charge in [-0.2, -0.15) is 5.10 Å². The van der Waals surface area contributed by atoms with E-state index >= 15 is 0 Å². The van der Waals surface area contributed by atoms with Crippen LogP contribution >= 0.6 is 0 Å². The first-order valence-electron chi connectivity index (χ1n) is 8.36. The molecule has 6 heteroatoms. The number of nitrogens with zero attached hydrogens (tertiary/aromatic N) is 2. The average molecular weight is 348 g/mol. The number of benzene rings is 2. The minimum absolute atomic E-state index is 0.491. The number of aromatic nitrogens is 2. The van der Waals surface area contributed by atoms with Gasteiger partial charge >= 0.3 is 11.8 Å². The van der Waals surface area contributed by atoms with Crippen molar-refractivity contribution < 1.29 is 9.59 Å². The van der Waals surface area contributed by atoms with Crippen molar-refractivity contribution >= 4 is 23.3 Å². The second-order valence-electron chi connectivity index (χ2n) is 5.95. The standard InChI is InChI=1S/C20H20N4O2/c1-15-7-9-17(10-8-15)22-19(25)20(26)23-18-11-13-21-24(18)14-12-16-5-3-2-4-6-16/h2-11,13H,12,14H2,1H3,(H,22,25)(H,23,26). The van der Waals surface area contributed by atoms with Crippen LogP contribution < -0.4 is 10.6 Å². The van der Waals surface area contributed by atoms with Crippen LogP contribution in [-0.4, -0.2) is 21.6 Å². The Morgan fingerprint density at radius 1 is 0.923 bits per heavy atom. The fourth-order valence-corrected chi connectivity index (χ4v) is 2.49. The van der Waals surface area contributed by atoms with Gasteiger partial charge in [0.05, 0.1) is 6.20 Å². The quantitative estimate of drug-likeness (QED) is 0.696. The van der Waals surface area contributed by atoms with E-state index in [-0.39, 0.29) is 0 Å². The van der Waals surface area contributed by atoms with E-state index in [0.29, 0.717) is 18.1 Å². The van der Waals surface area contributed by atoms with Gasteiger partial charge in [0.1, 0.15) is 5.82 Å². The molecule has 0 aliphatic heterocycles. The van der Waals surface area contributed by atoms with Crippen LogP contribution in [0.1, 0.15) is 11.1 Å². The lowest BCUT2D eigenvalue weighted by atomic mass is 10.1. The van der Waals surface area contributed by atoms with E-state index in [1.165, 1.54) is 5.56 Å². The molecule has 0 aliphatic carbocycles. The van der Waals surface area contributed by atoms with Gasteiger partial charge in [-0.1, -0.05) is 48.0 Å². The normalized spacial score (nSPS) is 10.3. The smallest absolute Gasteiger partial charge is 0.315 e. The van der Waals surface area contributed by atoms with E-state index in [2.05, 4.69) is 15.7 Å². The van der Waals surface area contributed by atoms with Crippen LogP contribution in [0.5, 0.6) is 0 Å². The Bertz CT molecular complexity index is 886. The fraction of sp³-hybridized carbons (Fsp3) is 0.150. The molecule has 3 rings (SSSR count). The number of hydrogen-bond donors (Lipinski definition) is 2. The Balaban J connectivity index is 1.58. The fourth-order valence-electron chi connectivity index (χ4n) is 2.49. The third-order valence-electron chi connectivity index (χ3n) is 3.93. The maximum absolute atomic E-state index is 12.1. The summed E-state index contributed by atoms with van der Waals surface area (Å²) >= 11 is 0. The lowest BCUT2D eigenvalue weighted by molar-refractivity contribution is -0.133. The van der Waals surface area contributed by atoms with E-state index in [1.807, 2.05) is 49.4 Å². The summed E-state index contributed by atoms with van der Waals surface area (Å²) in [6.07, 6.45) is 2.37. The molecule has 0 unspecified atom stereocenters. The Morgan fingerprint density at radius 2 is 1.62 bits per heavy atom. The third-order valence-corrected chi connectivity index (χ3v) is 3.93. The Kier molecular flexibility index (Phi) is 5.43. The van der Waals surface area contributed by atoms with Crippen molar-refractivity contribution in [2.45, 2.75) is 19.9 Å². The molecular formula is C20H20N4O2. The van der Waals surface area contributed by atoms with Crippen molar-refractivity contribution in [3.63, 3.8) is 0 Å². The highest BCUT2D eigenvalue weighted by molar-refractivity contribution is 6.43. The molecule has 0 aliphatic rings. The predicted molar refractivity (Wildman–Crippen MR) is 101 cm³/mol. The molecule has 0 fully saturated rings. The number of rotatable bonds is 5. The highest BCUT2D eigenvalue weighted by atomic mass is 16.2. The van der Waals surface area contributed by atoms with Gasteiger partial charge < -0.3 is 10.6 Å². The predicted octanol–water partition coefficient (Wildman–Crippen LogP) is 3.01. The summed E-state index contributed by atoms with van der Waals surface area (Å²) in [6, 6.07) is 18.9. The number of amides is 2. The zero-order chi connectivity index (χ0) is 18.4. The molecule has 2 amide bonds. The number of carbonyl (C=O) groups is 2. The van der Waals surface area contributed by atoms with Gasteiger partial charge in [0, 0.05) is 18.3 Å². The van der Waals surface area contributed by atoms with Crippen molar-refractivity contribution in [1.29, 1.82) is 0 Å². The van der Waals surface area contributed by atoms with Gasteiger partial charge in [-0.25, -0.2) is 4.68 Å². The minimum atomic E-state index is -0.730. The van der Waals surface area contributed by atoms with Crippen LogP contribution in [0.2, 0.25) is 0 Å². The summed E-state index contributed by atoms with van der Waals surface area (Å²) in [4.78, 5) is 24.2. The zero-order valence-corrected chi connectivity index (χ0v) is 14.5. The van der Waals surface area contributed by atoms with Crippen LogP contribution in [0.3, 0.4) is 0 Å². The summed E-state index contributed by atoms with van der Waals surface area (Å²) in [7, 11) is 0. The van der Waals surface area contributed by atoms with Crippen LogP contribution in [0.4, 0.5) is 11.5 Å². The van der Waals surface area contributed by atoms with Crippen LogP contribution in [0.25, 0.3) is 0 Å². The van der Waals surface area contributed by atoms with Gasteiger partial charge in [-0.15, -0.1) is 0 Å². The monoisotopic (exact) mass is 348 g/mol. The summed E-state index contributed by atoms with van der Waals surface area (Å²) in [6.45, 7) is 2.56. The number of aryl methyl sites for hydroxylation is 3. The van der Waals surface area contributed by atoms with Crippen molar-refractivity contribution in [3.05, 3.63) is 78.0 Å². The van der Waals surface area contributed by atoms with E-state index in [9.17, 15) is 9.59 Å². The zero-order valence-electron chi connectivity index (χ0n) is 14.5. The average Bonchev–Trinajstić information content (AvgIpc) is 3.09. The summed E-state index contributed by atoms with van der Waals surface area (Å²) in [5.41, 5.74) is 2.83. The van der Waals surface area contributed by atoms with Gasteiger partial charge in [-0.3, -0.25) is 9.59 Å². The van der Waals surface area contributed by atoms with Crippen molar-refractivity contribution in [1.82, 2.24) is 9.78 Å². The lowest BCUT2D eigenvalue weighted by Crippen LogP contribution is -2.30. The summed E-state index contributed by atoms with van der Waals surface area (Å²) in [5.74, 6) is -0.957. The SMILES string of the molecule is Cc1ccc(NC(=O)C(=O)Nc2ccnn2CCc2ccccc2)cc1. The summed E-state index contributed by atoms with van der Waals surface area (Å²) in [5, 5.41) is 9.39. The molecule has 0 atom stereocenters. The molecule has 3 aromatic rings. The molecule has 0 spiro atoms. The van der Waals surface area contributed by atoms with Crippen LogP contribution in [-0.2, 0) is 22.6 Å². The number of hydrogen-bond acceptors (Lipinski definition) is 3. The number of anilines is 2. The van der Waals surface area contributed by atoms with Gasteiger partial charge in [0.15, 0.2) is 0 Å². The van der Waals surface area contributed by atoms with Gasteiger partial charge in [0.2, 0.25) is 0 Å². The first kappa shape index (κ1) is 17.4. The molecule has 1 heterocycles. The molecule has 0 saturated carbocycles. The Labute approximate surface area is 151 Å². The molecule has 6 nitrogen and oxygen atoms in total. The van der Waals surface area contributed by atoms with Crippen molar-refractivity contribution in [3.8, 4) is 0 Å². The molecule has 26 heavy (non-hydrogen) atoms. The highest BCUT2D eigenvalue weighted by Gasteiger charge is 2.16. The summed E-state index contributed by atoms with van der Waals surface area (Å²) < 4.78 is 1.67. The van der Waals surface area contributed by atoms with Gasteiger partial charge in [-0.05, 0) is 31.0 Å². The maximum atomic E-state index is 12.1. The largest absolute Gasteiger partial charge is 0.318 e. The molecule has 0 saturated heterocycles. The Morgan fingerprint density at radius 3 is 2.35 bits per heavy atom. The second kappa shape index (κ2) is 8.11. The molecule has 2 aromatic carbocycles. The minimum Gasteiger partial charge on any atom is -0.318 e. The van der Waals surface area contributed by atoms with E-state index in [0.717, 1.165) is 12.0 Å². The van der Waals surface area contributed by atoms with E-state index < -0.39 is 11.8 Å². The topological polar surface area (TPSA) is 76.0 Å². The number of nitrogens with one attached hydrogen (secondary N) is 2. The molecule has 0 bridgehead atoms.